The Hall–Kier alpha value is -0.120. The van der Waals surface area contributed by atoms with Crippen molar-refractivity contribution in [3.8, 4) is 0 Å². The minimum Gasteiger partial charge on any atom is -0.330 e. The molecule has 74 valence electrons. The first-order chi connectivity index (χ1) is 5.91. The van der Waals surface area contributed by atoms with Crippen LogP contribution in [0.1, 0.15) is 26.2 Å². The molecule has 0 bridgehead atoms. The molecular formula is C9H23N3. The Labute approximate surface area is 76.1 Å². The maximum Gasteiger partial charge on any atom is -0.00369 e. The third-order valence-electron chi connectivity index (χ3n) is 1.76. The van der Waals surface area contributed by atoms with E-state index in [1.165, 1.54) is 12.8 Å². The van der Waals surface area contributed by atoms with Gasteiger partial charge in [-0.05, 0) is 52.0 Å². The van der Waals surface area contributed by atoms with Crippen molar-refractivity contribution in [3.05, 3.63) is 0 Å². The summed E-state index contributed by atoms with van der Waals surface area (Å²) in [5, 5.41) is 6.66. The first-order valence-corrected chi connectivity index (χ1v) is 5.03. The lowest BCUT2D eigenvalue weighted by molar-refractivity contribution is 0.583. The number of rotatable bonds is 9. The summed E-state index contributed by atoms with van der Waals surface area (Å²) >= 11 is 0. The lowest BCUT2D eigenvalue weighted by atomic mass is 10.3. The highest BCUT2D eigenvalue weighted by molar-refractivity contribution is 4.50. The van der Waals surface area contributed by atoms with Crippen molar-refractivity contribution in [1.82, 2.24) is 10.6 Å². The van der Waals surface area contributed by atoms with Gasteiger partial charge in [0.1, 0.15) is 0 Å². The fraction of sp³-hybridized carbons (Fsp3) is 1.00. The van der Waals surface area contributed by atoms with E-state index in [0.29, 0.717) is 0 Å². The van der Waals surface area contributed by atoms with Crippen LogP contribution in [0.25, 0.3) is 0 Å². The molecule has 0 unspecified atom stereocenters. The Bertz CT molecular complexity index is 66.2. The van der Waals surface area contributed by atoms with Crippen LogP contribution < -0.4 is 16.4 Å². The first-order valence-electron chi connectivity index (χ1n) is 5.03. The molecule has 0 aliphatic rings. The molecule has 0 rings (SSSR count). The zero-order chi connectivity index (χ0) is 9.07. The molecule has 0 aliphatic carbocycles. The second-order valence-electron chi connectivity index (χ2n) is 2.95. The minimum atomic E-state index is 0.796. The van der Waals surface area contributed by atoms with Crippen molar-refractivity contribution in [2.24, 2.45) is 5.73 Å². The van der Waals surface area contributed by atoms with Gasteiger partial charge in [-0.2, -0.15) is 0 Å². The number of hydrogen-bond donors (Lipinski definition) is 3. The van der Waals surface area contributed by atoms with Gasteiger partial charge < -0.3 is 16.4 Å². The van der Waals surface area contributed by atoms with Gasteiger partial charge in [0, 0.05) is 0 Å². The van der Waals surface area contributed by atoms with Crippen LogP contribution in [0.15, 0.2) is 0 Å². The van der Waals surface area contributed by atoms with E-state index in [4.69, 9.17) is 5.73 Å². The maximum atomic E-state index is 5.36. The molecule has 0 heterocycles. The van der Waals surface area contributed by atoms with Crippen LogP contribution in [0.4, 0.5) is 0 Å². The van der Waals surface area contributed by atoms with E-state index in [-0.39, 0.29) is 0 Å². The number of hydrogen-bond acceptors (Lipinski definition) is 3. The fourth-order valence-corrected chi connectivity index (χ4v) is 1.03. The molecule has 0 fully saturated rings. The van der Waals surface area contributed by atoms with Crippen molar-refractivity contribution < 1.29 is 0 Å². The lowest BCUT2D eigenvalue weighted by Gasteiger charge is -2.03. The van der Waals surface area contributed by atoms with Crippen LogP contribution in [-0.2, 0) is 0 Å². The summed E-state index contributed by atoms with van der Waals surface area (Å²) in [5.74, 6) is 0. The van der Waals surface area contributed by atoms with Gasteiger partial charge in [-0.1, -0.05) is 6.92 Å². The largest absolute Gasteiger partial charge is 0.330 e. The molecule has 0 amide bonds. The van der Waals surface area contributed by atoms with E-state index in [9.17, 15) is 0 Å². The topological polar surface area (TPSA) is 50.1 Å². The van der Waals surface area contributed by atoms with E-state index in [0.717, 1.165) is 39.1 Å². The molecule has 0 aliphatic heterocycles. The second-order valence-corrected chi connectivity index (χ2v) is 2.95. The van der Waals surface area contributed by atoms with Gasteiger partial charge in [0.2, 0.25) is 0 Å². The summed E-state index contributed by atoms with van der Waals surface area (Å²) in [6, 6.07) is 0. The SMILES string of the molecule is CCNCCCCNCCCN. The summed E-state index contributed by atoms with van der Waals surface area (Å²) in [5.41, 5.74) is 5.36. The predicted octanol–water partition coefficient (Wildman–Crippen LogP) is 0.315. The Morgan fingerprint density at radius 1 is 0.917 bits per heavy atom. The Balaban J connectivity index is 2.73. The van der Waals surface area contributed by atoms with Crippen molar-refractivity contribution >= 4 is 0 Å². The third kappa shape index (κ3) is 9.88. The Kier molecular flexibility index (Phi) is 10.8. The molecule has 3 heteroatoms. The molecular weight excluding hydrogens is 150 g/mol. The number of unbranched alkanes of at least 4 members (excludes halogenated alkanes) is 1. The normalized spacial score (nSPS) is 10.5. The molecule has 0 spiro atoms. The van der Waals surface area contributed by atoms with Crippen LogP contribution in [0.3, 0.4) is 0 Å². The van der Waals surface area contributed by atoms with Crippen molar-refractivity contribution in [1.29, 1.82) is 0 Å². The lowest BCUT2D eigenvalue weighted by Crippen LogP contribution is -2.21. The van der Waals surface area contributed by atoms with Gasteiger partial charge in [0.15, 0.2) is 0 Å². The molecule has 0 saturated heterocycles. The average Bonchev–Trinajstić information content (AvgIpc) is 2.10. The van der Waals surface area contributed by atoms with Gasteiger partial charge in [-0.3, -0.25) is 0 Å². The molecule has 3 nitrogen and oxygen atoms in total. The van der Waals surface area contributed by atoms with E-state index in [2.05, 4.69) is 17.6 Å². The standard InChI is InChI=1S/C9H23N3/c1-2-11-7-3-4-8-12-9-5-6-10/h11-12H,2-10H2,1H3. The molecule has 12 heavy (non-hydrogen) atoms. The van der Waals surface area contributed by atoms with Crippen LogP contribution in [-0.4, -0.2) is 32.7 Å². The zero-order valence-electron chi connectivity index (χ0n) is 8.23. The maximum absolute atomic E-state index is 5.36. The van der Waals surface area contributed by atoms with Crippen molar-refractivity contribution in [2.75, 3.05) is 32.7 Å². The fourth-order valence-electron chi connectivity index (χ4n) is 1.03. The number of nitrogens with one attached hydrogen (secondary N) is 2. The minimum absolute atomic E-state index is 0.796. The summed E-state index contributed by atoms with van der Waals surface area (Å²) in [6.45, 7) is 7.36. The monoisotopic (exact) mass is 173 g/mol. The Morgan fingerprint density at radius 3 is 2.08 bits per heavy atom. The summed E-state index contributed by atoms with van der Waals surface area (Å²) in [6.07, 6.45) is 3.62. The first kappa shape index (κ1) is 11.9. The van der Waals surface area contributed by atoms with Gasteiger partial charge in [0.25, 0.3) is 0 Å². The highest BCUT2D eigenvalue weighted by Crippen LogP contribution is 1.84. The van der Waals surface area contributed by atoms with Crippen LogP contribution >= 0.6 is 0 Å². The molecule has 0 aromatic heterocycles. The van der Waals surface area contributed by atoms with Gasteiger partial charge >= 0.3 is 0 Å². The summed E-state index contributed by atoms with van der Waals surface area (Å²) in [7, 11) is 0. The predicted molar refractivity (Wildman–Crippen MR) is 54.3 cm³/mol. The van der Waals surface area contributed by atoms with Crippen LogP contribution in [0.2, 0.25) is 0 Å². The van der Waals surface area contributed by atoms with Crippen LogP contribution in [0.5, 0.6) is 0 Å². The quantitative estimate of drug-likeness (QED) is 0.440. The number of nitrogens with two attached hydrogens (primary N) is 1. The average molecular weight is 173 g/mol. The van der Waals surface area contributed by atoms with Crippen molar-refractivity contribution in [2.45, 2.75) is 26.2 Å². The Morgan fingerprint density at radius 2 is 1.50 bits per heavy atom. The van der Waals surface area contributed by atoms with Gasteiger partial charge in [-0.15, -0.1) is 0 Å². The molecule has 0 aromatic rings. The molecule has 4 N–H and O–H groups in total. The molecule has 0 radical (unpaired) electrons. The molecule has 0 saturated carbocycles. The van der Waals surface area contributed by atoms with E-state index in [1.807, 2.05) is 0 Å². The van der Waals surface area contributed by atoms with Crippen LogP contribution in [0, 0.1) is 0 Å². The molecule has 0 atom stereocenters. The van der Waals surface area contributed by atoms with E-state index in [1.54, 1.807) is 0 Å². The van der Waals surface area contributed by atoms with Crippen molar-refractivity contribution in [3.63, 3.8) is 0 Å². The summed E-state index contributed by atoms with van der Waals surface area (Å²) < 4.78 is 0. The molecule has 0 aromatic carbocycles. The third-order valence-corrected chi connectivity index (χ3v) is 1.76. The van der Waals surface area contributed by atoms with Gasteiger partial charge in [-0.25, -0.2) is 0 Å². The highest BCUT2D eigenvalue weighted by Gasteiger charge is 1.87. The summed E-state index contributed by atoms with van der Waals surface area (Å²) in [4.78, 5) is 0. The smallest absolute Gasteiger partial charge is 0.00369 e. The van der Waals surface area contributed by atoms with Gasteiger partial charge in [0.05, 0.1) is 0 Å². The van der Waals surface area contributed by atoms with E-state index >= 15 is 0 Å². The highest BCUT2D eigenvalue weighted by atomic mass is 14.9. The second kappa shape index (κ2) is 10.9. The van der Waals surface area contributed by atoms with E-state index < -0.39 is 0 Å². The zero-order valence-corrected chi connectivity index (χ0v) is 8.23.